The Bertz CT molecular complexity index is 719. The van der Waals surface area contributed by atoms with Gasteiger partial charge in [0, 0.05) is 24.9 Å². The highest BCUT2D eigenvalue weighted by atomic mass is 16.7. The highest BCUT2D eigenvalue weighted by Crippen LogP contribution is 2.45. The van der Waals surface area contributed by atoms with Gasteiger partial charge in [0.25, 0.3) is 0 Å². The van der Waals surface area contributed by atoms with Gasteiger partial charge >= 0.3 is 0 Å². The normalized spacial score (nSPS) is 22.1. The molecule has 7 nitrogen and oxygen atoms in total. The molecule has 0 saturated carbocycles. The maximum atomic E-state index is 12.3. The van der Waals surface area contributed by atoms with Crippen molar-refractivity contribution in [3.8, 4) is 5.75 Å². The zero-order chi connectivity index (χ0) is 19.6. The van der Waals surface area contributed by atoms with Gasteiger partial charge in [-0.2, -0.15) is 5.06 Å². The van der Waals surface area contributed by atoms with E-state index in [1.807, 2.05) is 0 Å². The standard InChI is InChI=1S/C20H29N3O4/c1-20(2)9-14(10-21)15-7-6-13-12-26-23(11-16(13)18(15)27-20)17(5-4-8-24)19(25)22-3/h6-8,14,17H,4-5,9-12,21H2,1-3H3,(H,22,25). The molecule has 1 aromatic carbocycles. The molecule has 2 unspecified atom stereocenters. The van der Waals surface area contributed by atoms with Crippen LogP contribution in [0.1, 0.15) is 55.7 Å². The molecule has 1 aromatic rings. The predicted octanol–water partition coefficient (Wildman–Crippen LogP) is 1.63. The molecule has 0 aromatic heterocycles. The highest BCUT2D eigenvalue weighted by molar-refractivity contribution is 5.81. The van der Waals surface area contributed by atoms with Crippen LogP contribution in [0.15, 0.2) is 12.1 Å². The summed E-state index contributed by atoms with van der Waals surface area (Å²) in [7, 11) is 1.59. The summed E-state index contributed by atoms with van der Waals surface area (Å²) in [5.41, 5.74) is 8.96. The van der Waals surface area contributed by atoms with Crippen molar-refractivity contribution in [3.63, 3.8) is 0 Å². The number of nitrogens with one attached hydrogen (secondary N) is 1. The molecule has 148 valence electrons. The van der Waals surface area contributed by atoms with Crippen LogP contribution in [0.3, 0.4) is 0 Å². The van der Waals surface area contributed by atoms with Crippen molar-refractivity contribution in [1.82, 2.24) is 10.4 Å². The number of nitrogens with two attached hydrogens (primary N) is 1. The number of carbonyl (C=O) groups is 2. The second-order valence-corrected chi connectivity index (χ2v) is 7.84. The Balaban J connectivity index is 1.94. The summed E-state index contributed by atoms with van der Waals surface area (Å²) in [4.78, 5) is 29.0. The first-order valence-electron chi connectivity index (χ1n) is 9.48. The summed E-state index contributed by atoms with van der Waals surface area (Å²) in [5.74, 6) is 0.958. The van der Waals surface area contributed by atoms with Gasteiger partial charge in [0.15, 0.2) is 0 Å². The van der Waals surface area contributed by atoms with E-state index in [1.165, 1.54) is 0 Å². The Morgan fingerprint density at radius 1 is 1.48 bits per heavy atom. The van der Waals surface area contributed by atoms with Crippen molar-refractivity contribution in [1.29, 1.82) is 0 Å². The summed E-state index contributed by atoms with van der Waals surface area (Å²) in [6.07, 6.45) is 2.41. The minimum Gasteiger partial charge on any atom is -0.487 e. The van der Waals surface area contributed by atoms with E-state index in [2.05, 4.69) is 31.3 Å². The van der Waals surface area contributed by atoms with Gasteiger partial charge in [0.05, 0.1) is 13.2 Å². The average Bonchev–Trinajstić information content (AvgIpc) is 2.66. The third-order valence-electron chi connectivity index (χ3n) is 5.38. The second kappa shape index (κ2) is 7.96. The fraction of sp³-hybridized carbons (Fsp3) is 0.600. The van der Waals surface area contributed by atoms with Crippen LogP contribution in [-0.4, -0.2) is 42.5 Å². The third-order valence-corrected chi connectivity index (χ3v) is 5.38. The summed E-state index contributed by atoms with van der Waals surface area (Å²) in [6, 6.07) is 3.63. The Labute approximate surface area is 160 Å². The van der Waals surface area contributed by atoms with E-state index in [0.29, 0.717) is 32.5 Å². The lowest BCUT2D eigenvalue weighted by molar-refractivity contribution is -0.214. The van der Waals surface area contributed by atoms with Crippen molar-refractivity contribution in [2.75, 3.05) is 13.6 Å². The van der Waals surface area contributed by atoms with Gasteiger partial charge in [-0.15, -0.1) is 0 Å². The van der Waals surface area contributed by atoms with Gasteiger partial charge in [0.1, 0.15) is 23.7 Å². The van der Waals surface area contributed by atoms with Gasteiger partial charge in [-0.05, 0) is 44.4 Å². The molecule has 3 N–H and O–H groups in total. The zero-order valence-corrected chi connectivity index (χ0v) is 16.3. The molecule has 0 aliphatic carbocycles. The molecular formula is C20H29N3O4. The van der Waals surface area contributed by atoms with E-state index >= 15 is 0 Å². The van der Waals surface area contributed by atoms with Crippen molar-refractivity contribution < 1.29 is 19.2 Å². The minimum absolute atomic E-state index is 0.161. The van der Waals surface area contributed by atoms with Crippen LogP contribution < -0.4 is 15.8 Å². The molecule has 0 fully saturated rings. The van der Waals surface area contributed by atoms with Crippen LogP contribution in [0.2, 0.25) is 0 Å². The van der Waals surface area contributed by atoms with E-state index < -0.39 is 6.04 Å². The topological polar surface area (TPSA) is 93.9 Å². The van der Waals surface area contributed by atoms with E-state index in [4.69, 9.17) is 15.3 Å². The zero-order valence-electron chi connectivity index (χ0n) is 16.3. The van der Waals surface area contributed by atoms with E-state index in [9.17, 15) is 9.59 Å². The molecule has 2 aliphatic rings. The molecule has 27 heavy (non-hydrogen) atoms. The lowest BCUT2D eigenvalue weighted by Crippen LogP contribution is -2.47. The number of ether oxygens (including phenoxy) is 1. The number of carbonyl (C=O) groups excluding carboxylic acids is 2. The van der Waals surface area contributed by atoms with Gasteiger partial charge in [-0.1, -0.05) is 12.1 Å². The van der Waals surface area contributed by atoms with Crippen LogP contribution in [0.25, 0.3) is 0 Å². The Kier molecular flexibility index (Phi) is 5.83. The van der Waals surface area contributed by atoms with Crippen LogP contribution in [0, 0.1) is 0 Å². The van der Waals surface area contributed by atoms with Crippen molar-refractivity contribution in [2.24, 2.45) is 5.73 Å². The molecular weight excluding hydrogens is 346 g/mol. The summed E-state index contributed by atoms with van der Waals surface area (Å²) >= 11 is 0. The van der Waals surface area contributed by atoms with Gasteiger partial charge < -0.3 is 20.6 Å². The first-order chi connectivity index (χ1) is 12.9. The first kappa shape index (κ1) is 19.8. The number of hydroxylamine groups is 2. The summed E-state index contributed by atoms with van der Waals surface area (Å²) in [5, 5.41) is 4.34. The molecule has 7 heteroatoms. The quantitative estimate of drug-likeness (QED) is 0.734. The van der Waals surface area contributed by atoms with Crippen molar-refractivity contribution in [3.05, 3.63) is 28.8 Å². The predicted molar refractivity (Wildman–Crippen MR) is 101 cm³/mol. The van der Waals surface area contributed by atoms with Gasteiger partial charge in [-0.3, -0.25) is 9.63 Å². The number of amides is 1. The van der Waals surface area contributed by atoms with E-state index in [1.54, 1.807) is 12.1 Å². The smallest absolute Gasteiger partial charge is 0.239 e. The molecule has 3 rings (SSSR count). The van der Waals surface area contributed by atoms with Crippen LogP contribution in [0.4, 0.5) is 0 Å². The number of fused-ring (bicyclic) bond motifs is 3. The van der Waals surface area contributed by atoms with E-state index in [0.717, 1.165) is 35.1 Å². The minimum atomic E-state index is -0.522. The maximum absolute atomic E-state index is 12.3. The number of benzene rings is 1. The number of hydrogen-bond donors (Lipinski definition) is 2. The fourth-order valence-electron chi connectivity index (χ4n) is 4.02. The van der Waals surface area contributed by atoms with Crippen LogP contribution in [-0.2, 0) is 27.6 Å². The molecule has 0 bridgehead atoms. The van der Waals surface area contributed by atoms with Gasteiger partial charge in [-0.25, -0.2) is 0 Å². The number of rotatable bonds is 6. The highest BCUT2D eigenvalue weighted by Gasteiger charge is 2.38. The Morgan fingerprint density at radius 3 is 2.93 bits per heavy atom. The number of likely N-dealkylation sites (N-methyl/N-ethyl adjacent to an activating group) is 1. The van der Waals surface area contributed by atoms with Crippen molar-refractivity contribution in [2.45, 2.75) is 63.8 Å². The van der Waals surface area contributed by atoms with Crippen LogP contribution in [0.5, 0.6) is 5.75 Å². The first-order valence-corrected chi connectivity index (χ1v) is 9.48. The SMILES string of the molecule is CNC(=O)C(CCC=O)N1Cc2c(ccc3c2OC(C)(C)CC3CN)CO1. The summed E-state index contributed by atoms with van der Waals surface area (Å²) < 4.78 is 6.35. The molecule has 2 aliphatic heterocycles. The number of nitrogens with zero attached hydrogens (tertiary/aromatic N) is 1. The second-order valence-electron chi connectivity index (χ2n) is 7.84. The molecule has 2 heterocycles. The Hall–Kier alpha value is -1.96. The molecule has 2 atom stereocenters. The lowest BCUT2D eigenvalue weighted by Gasteiger charge is -2.41. The lowest BCUT2D eigenvalue weighted by atomic mass is 9.82. The summed E-state index contributed by atoms with van der Waals surface area (Å²) in [6.45, 7) is 5.52. The average molecular weight is 375 g/mol. The molecule has 0 radical (unpaired) electrons. The van der Waals surface area contributed by atoms with Crippen molar-refractivity contribution >= 4 is 12.2 Å². The maximum Gasteiger partial charge on any atom is 0.239 e. The molecule has 0 saturated heterocycles. The van der Waals surface area contributed by atoms with Gasteiger partial charge in [0.2, 0.25) is 5.91 Å². The number of hydrogen-bond acceptors (Lipinski definition) is 6. The third kappa shape index (κ3) is 4.00. The fourth-order valence-corrected chi connectivity index (χ4v) is 4.02. The molecule has 0 spiro atoms. The monoisotopic (exact) mass is 375 g/mol. The largest absolute Gasteiger partial charge is 0.487 e. The molecule has 1 amide bonds. The number of aldehydes is 1. The Morgan fingerprint density at radius 2 is 2.26 bits per heavy atom. The van der Waals surface area contributed by atoms with E-state index in [-0.39, 0.29) is 17.4 Å². The van der Waals surface area contributed by atoms with Crippen LogP contribution >= 0.6 is 0 Å².